The summed E-state index contributed by atoms with van der Waals surface area (Å²) in [7, 11) is 0. The summed E-state index contributed by atoms with van der Waals surface area (Å²) in [5.41, 5.74) is 0.415. The largest absolute Gasteiger partial charge is 0.444 e. The number of halogens is 1. The molecule has 1 aromatic rings. The number of hydrogen-bond donors (Lipinski definition) is 1. The first-order valence-electron chi connectivity index (χ1n) is 6.71. The van der Waals surface area contributed by atoms with Crippen molar-refractivity contribution < 1.29 is 9.53 Å². The van der Waals surface area contributed by atoms with Gasteiger partial charge in [-0.15, -0.1) is 0 Å². The molecule has 0 bridgehead atoms. The van der Waals surface area contributed by atoms with Gasteiger partial charge in [-0.3, -0.25) is 10.2 Å². The molecule has 0 radical (unpaired) electrons. The molecule has 1 N–H and O–H groups in total. The van der Waals surface area contributed by atoms with Gasteiger partial charge in [-0.25, -0.2) is 9.78 Å². The number of ether oxygens (including phenoxy) is 1. The lowest BCUT2D eigenvalue weighted by Gasteiger charge is -2.30. The third kappa shape index (κ3) is 4.45. The van der Waals surface area contributed by atoms with E-state index < -0.39 is 11.7 Å². The van der Waals surface area contributed by atoms with Crippen LogP contribution < -0.4 is 5.32 Å². The molecule has 2 heterocycles. The average Bonchev–Trinajstić information content (AvgIpc) is 2.24. The average molecular weight is 342 g/mol. The molecule has 0 aliphatic carbocycles. The predicted octanol–water partition coefficient (Wildman–Crippen LogP) is 3.40. The van der Waals surface area contributed by atoms with E-state index >= 15 is 0 Å². The zero-order chi connectivity index (χ0) is 14.8. The Morgan fingerprint density at radius 2 is 2.15 bits per heavy atom. The van der Waals surface area contributed by atoms with E-state index in [9.17, 15) is 4.79 Å². The minimum Gasteiger partial charge on any atom is -0.444 e. The molecule has 1 aliphatic heterocycles. The summed E-state index contributed by atoms with van der Waals surface area (Å²) in [6, 6.07) is 3.66. The molecule has 0 aromatic carbocycles. The Kier molecular flexibility index (Phi) is 4.65. The number of carbonyl (C=O) groups excluding carboxylic acids is 1. The number of pyridine rings is 1. The molecule has 2 rings (SSSR count). The molecule has 0 saturated carbocycles. The Hall–Kier alpha value is -1.14. The fourth-order valence-corrected chi connectivity index (χ4v) is 2.17. The first-order chi connectivity index (χ1) is 9.33. The van der Waals surface area contributed by atoms with Gasteiger partial charge < -0.3 is 4.74 Å². The molecule has 1 saturated heterocycles. The first-order valence-corrected chi connectivity index (χ1v) is 7.50. The molecule has 0 unspecified atom stereocenters. The number of rotatable bonds is 3. The van der Waals surface area contributed by atoms with Crippen molar-refractivity contribution in [1.82, 2.24) is 9.88 Å². The Labute approximate surface area is 127 Å². The number of carbonyl (C=O) groups is 1. The highest BCUT2D eigenvalue weighted by Crippen LogP contribution is 2.21. The second-order valence-corrected chi connectivity index (χ2v) is 6.74. The second-order valence-electron chi connectivity index (χ2n) is 5.88. The molecular weight excluding hydrogens is 322 g/mol. The Morgan fingerprint density at radius 3 is 2.70 bits per heavy atom. The van der Waals surface area contributed by atoms with Gasteiger partial charge in [0.1, 0.15) is 11.4 Å². The van der Waals surface area contributed by atoms with Crippen molar-refractivity contribution in [2.24, 2.45) is 0 Å². The summed E-state index contributed by atoms with van der Waals surface area (Å²) >= 11 is 3.49. The fourth-order valence-electron chi connectivity index (χ4n) is 1.82. The number of nitrogens with zero attached hydrogens (tertiary/aromatic N) is 2. The number of anilines is 1. The zero-order valence-electron chi connectivity index (χ0n) is 12.1. The number of aromatic nitrogens is 1. The molecule has 1 amide bonds. The molecular formula is C14H20BrN3O2. The number of hydrogen-bond acceptors (Lipinski definition) is 4. The molecule has 5 nitrogen and oxygen atoms in total. The van der Waals surface area contributed by atoms with Gasteiger partial charge in [-0.2, -0.15) is 0 Å². The molecule has 0 atom stereocenters. The molecule has 0 spiro atoms. The summed E-state index contributed by atoms with van der Waals surface area (Å²) in [6.45, 7) is 8.50. The zero-order valence-corrected chi connectivity index (χ0v) is 13.7. The van der Waals surface area contributed by atoms with Crippen LogP contribution in [0.1, 0.15) is 32.9 Å². The van der Waals surface area contributed by atoms with Gasteiger partial charge in [-0.05, 0) is 68.3 Å². The van der Waals surface area contributed by atoms with E-state index in [-0.39, 0.29) is 0 Å². The highest BCUT2D eigenvalue weighted by Gasteiger charge is 2.18. The van der Waals surface area contributed by atoms with Crippen molar-refractivity contribution in [2.75, 3.05) is 18.4 Å². The van der Waals surface area contributed by atoms with E-state index in [1.54, 1.807) is 6.07 Å². The SMILES string of the molecule is CC(C)(C)OC(=O)Nc1ccc(Br)c(CN2CCC2)n1. The Morgan fingerprint density at radius 1 is 1.45 bits per heavy atom. The van der Waals surface area contributed by atoms with Crippen molar-refractivity contribution in [3.63, 3.8) is 0 Å². The number of likely N-dealkylation sites (tertiary alicyclic amines) is 1. The van der Waals surface area contributed by atoms with Crippen LogP contribution in [-0.2, 0) is 11.3 Å². The predicted molar refractivity (Wildman–Crippen MR) is 81.7 cm³/mol. The van der Waals surface area contributed by atoms with Gasteiger partial charge in [0.2, 0.25) is 0 Å². The van der Waals surface area contributed by atoms with Gasteiger partial charge >= 0.3 is 6.09 Å². The van der Waals surface area contributed by atoms with E-state index in [1.807, 2.05) is 26.8 Å². The number of nitrogens with one attached hydrogen (secondary N) is 1. The van der Waals surface area contributed by atoms with Gasteiger partial charge in [0.25, 0.3) is 0 Å². The maximum Gasteiger partial charge on any atom is 0.413 e. The summed E-state index contributed by atoms with van der Waals surface area (Å²) in [6.07, 6.45) is 0.759. The molecule has 6 heteroatoms. The summed E-state index contributed by atoms with van der Waals surface area (Å²) < 4.78 is 6.17. The van der Waals surface area contributed by atoms with Crippen LogP contribution in [0.15, 0.2) is 16.6 Å². The van der Waals surface area contributed by atoms with Crippen LogP contribution in [0.4, 0.5) is 10.6 Å². The van der Waals surface area contributed by atoms with Gasteiger partial charge in [0.05, 0.1) is 5.69 Å². The summed E-state index contributed by atoms with van der Waals surface area (Å²) in [4.78, 5) is 18.5. The van der Waals surface area contributed by atoms with Crippen molar-refractivity contribution >= 4 is 27.8 Å². The van der Waals surface area contributed by atoms with E-state index in [2.05, 4.69) is 31.1 Å². The van der Waals surface area contributed by atoms with Gasteiger partial charge in [0.15, 0.2) is 0 Å². The lowest BCUT2D eigenvalue weighted by molar-refractivity contribution is 0.0635. The van der Waals surface area contributed by atoms with Crippen LogP contribution in [0.25, 0.3) is 0 Å². The van der Waals surface area contributed by atoms with Gasteiger partial charge in [0, 0.05) is 11.0 Å². The molecule has 110 valence electrons. The highest BCUT2D eigenvalue weighted by molar-refractivity contribution is 9.10. The number of amides is 1. The first kappa shape index (κ1) is 15.3. The van der Waals surface area contributed by atoms with Crippen molar-refractivity contribution in [1.29, 1.82) is 0 Å². The van der Waals surface area contributed by atoms with Gasteiger partial charge in [-0.1, -0.05) is 0 Å². The molecule has 1 fully saturated rings. The van der Waals surface area contributed by atoms with Crippen LogP contribution in [0.5, 0.6) is 0 Å². The lowest BCUT2D eigenvalue weighted by atomic mass is 10.2. The third-order valence-electron chi connectivity index (χ3n) is 2.87. The monoisotopic (exact) mass is 341 g/mol. The third-order valence-corrected chi connectivity index (χ3v) is 3.59. The van der Waals surface area contributed by atoms with Crippen LogP contribution in [-0.4, -0.2) is 34.7 Å². The van der Waals surface area contributed by atoms with E-state index in [1.165, 1.54) is 6.42 Å². The van der Waals surface area contributed by atoms with E-state index in [0.717, 1.165) is 29.8 Å². The van der Waals surface area contributed by atoms with Crippen LogP contribution >= 0.6 is 15.9 Å². The van der Waals surface area contributed by atoms with E-state index in [4.69, 9.17) is 4.74 Å². The highest BCUT2D eigenvalue weighted by atomic mass is 79.9. The Bertz CT molecular complexity index is 496. The second kappa shape index (κ2) is 6.10. The van der Waals surface area contributed by atoms with Crippen LogP contribution in [0.2, 0.25) is 0 Å². The summed E-state index contributed by atoms with van der Waals surface area (Å²) in [5, 5.41) is 2.66. The van der Waals surface area contributed by atoms with Crippen molar-refractivity contribution in [2.45, 2.75) is 39.3 Å². The topological polar surface area (TPSA) is 54.5 Å². The molecule has 1 aromatic heterocycles. The standard InChI is InChI=1S/C14H20BrN3O2/c1-14(2,3)20-13(19)17-12-6-5-10(15)11(16-12)9-18-7-4-8-18/h5-6H,4,7-9H2,1-3H3,(H,16,17,19). The quantitative estimate of drug-likeness (QED) is 0.915. The molecule has 1 aliphatic rings. The maximum absolute atomic E-state index is 11.7. The van der Waals surface area contributed by atoms with Crippen molar-refractivity contribution in [3.05, 3.63) is 22.3 Å². The normalized spacial score (nSPS) is 15.6. The maximum atomic E-state index is 11.7. The summed E-state index contributed by atoms with van der Waals surface area (Å²) in [5.74, 6) is 0.512. The van der Waals surface area contributed by atoms with E-state index in [0.29, 0.717) is 5.82 Å². The van der Waals surface area contributed by atoms with Crippen LogP contribution in [0.3, 0.4) is 0 Å². The smallest absolute Gasteiger partial charge is 0.413 e. The van der Waals surface area contributed by atoms with Crippen LogP contribution in [0, 0.1) is 0 Å². The molecule has 20 heavy (non-hydrogen) atoms. The van der Waals surface area contributed by atoms with Crippen molar-refractivity contribution in [3.8, 4) is 0 Å². The fraction of sp³-hybridized carbons (Fsp3) is 0.571. The lowest BCUT2D eigenvalue weighted by Crippen LogP contribution is -2.36. The minimum atomic E-state index is -0.514. The minimum absolute atomic E-state index is 0.484. The Balaban J connectivity index is 2.01.